The summed E-state index contributed by atoms with van der Waals surface area (Å²) in [6.45, 7) is 1.02. The maximum Gasteiger partial charge on any atom is 0.248 e. The summed E-state index contributed by atoms with van der Waals surface area (Å²) in [6, 6.07) is 12.2. The molecule has 0 aromatic heterocycles. The SMILES string of the molecule is NC(=O)c1ccc(CNCc2cccc(Br)c2)c(F)c1. The van der Waals surface area contributed by atoms with E-state index < -0.39 is 11.7 Å². The molecule has 20 heavy (non-hydrogen) atoms. The molecule has 2 rings (SSSR count). The molecule has 2 aromatic rings. The fourth-order valence-electron chi connectivity index (χ4n) is 1.83. The van der Waals surface area contributed by atoms with Gasteiger partial charge in [0.25, 0.3) is 0 Å². The predicted molar refractivity (Wildman–Crippen MR) is 79.6 cm³/mol. The molecule has 2 aromatic carbocycles. The first-order valence-electron chi connectivity index (χ1n) is 6.09. The molecule has 0 heterocycles. The number of halogens is 2. The molecule has 0 fully saturated rings. The van der Waals surface area contributed by atoms with E-state index in [1.807, 2.05) is 24.3 Å². The Morgan fingerprint density at radius 2 is 2.00 bits per heavy atom. The van der Waals surface area contributed by atoms with Crippen molar-refractivity contribution in [1.29, 1.82) is 0 Å². The minimum atomic E-state index is -0.627. The lowest BCUT2D eigenvalue weighted by Crippen LogP contribution is -2.15. The standard InChI is InChI=1S/C15H14BrFN2O/c16-13-3-1-2-10(6-13)8-19-9-12-5-4-11(15(18)20)7-14(12)17/h1-7,19H,8-9H2,(H2,18,20). The Morgan fingerprint density at radius 3 is 2.65 bits per heavy atom. The van der Waals surface area contributed by atoms with E-state index in [1.165, 1.54) is 12.1 Å². The summed E-state index contributed by atoms with van der Waals surface area (Å²) in [5.41, 5.74) is 6.89. The predicted octanol–water partition coefficient (Wildman–Crippen LogP) is 2.98. The molecule has 0 unspecified atom stereocenters. The van der Waals surface area contributed by atoms with Gasteiger partial charge in [0.15, 0.2) is 0 Å². The van der Waals surface area contributed by atoms with Crippen molar-refractivity contribution in [2.45, 2.75) is 13.1 Å². The highest BCUT2D eigenvalue weighted by atomic mass is 79.9. The van der Waals surface area contributed by atoms with Crippen LogP contribution in [0.5, 0.6) is 0 Å². The second-order valence-electron chi connectivity index (χ2n) is 4.40. The van der Waals surface area contributed by atoms with Crippen LogP contribution in [0.3, 0.4) is 0 Å². The number of nitrogens with two attached hydrogens (primary N) is 1. The van der Waals surface area contributed by atoms with Gasteiger partial charge < -0.3 is 11.1 Å². The number of hydrogen-bond acceptors (Lipinski definition) is 2. The summed E-state index contributed by atoms with van der Waals surface area (Å²) >= 11 is 3.40. The zero-order valence-corrected chi connectivity index (χ0v) is 12.3. The molecule has 0 aliphatic rings. The normalized spacial score (nSPS) is 10.5. The van der Waals surface area contributed by atoms with Gasteiger partial charge in [0, 0.05) is 28.7 Å². The van der Waals surface area contributed by atoms with Gasteiger partial charge in [-0.25, -0.2) is 4.39 Å². The summed E-state index contributed by atoms with van der Waals surface area (Å²) in [5.74, 6) is -1.06. The largest absolute Gasteiger partial charge is 0.366 e. The highest BCUT2D eigenvalue weighted by molar-refractivity contribution is 9.10. The number of primary amides is 1. The lowest BCUT2D eigenvalue weighted by atomic mass is 10.1. The highest BCUT2D eigenvalue weighted by Gasteiger charge is 2.06. The molecule has 3 nitrogen and oxygen atoms in total. The smallest absolute Gasteiger partial charge is 0.248 e. The number of hydrogen-bond donors (Lipinski definition) is 2. The third-order valence-electron chi connectivity index (χ3n) is 2.87. The van der Waals surface area contributed by atoms with Crippen LogP contribution < -0.4 is 11.1 Å². The van der Waals surface area contributed by atoms with Crippen LogP contribution >= 0.6 is 15.9 Å². The van der Waals surface area contributed by atoms with Crippen LogP contribution in [0.15, 0.2) is 46.9 Å². The quantitative estimate of drug-likeness (QED) is 0.881. The first-order valence-corrected chi connectivity index (χ1v) is 6.89. The van der Waals surface area contributed by atoms with E-state index in [0.29, 0.717) is 18.7 Å². The number of rotatable bonds is 5. The summed E-state index contributed by atoms with van der Waals surface area (Å²) in [5, 5.41) is 3.16. The van der Waals surface area contributed by atoms with Crippen LogP contribution in [0.25, 0.3) is 0 Å². The van der Waals surface area contributed by atoms with Gasteiger partial charge in [-0.05, 0) is 29.8 Å². The van der Waals surface area contributed by atoms with E-state index in [2.05, 4.69) is 21.2 Å². The maximum atomic E-state index is 13.7. The minimum absolute atomic E-state index is 0.179. The van der Waals surface area contributed by atoms with Gasteiger partial charge in [0.1, 0.15) is 5.82 Å². The number of carbonyl (C=O) groups excluding carboxylic acids is 1. The second kappa shape index (κ2) is 6.63. The second-order valence-corrected chi connectivity index (χ2v) is 5.32. The maximum absolute atomic E-state index is 13.7. The van der Waals surface area contributed by atoms with Crippen molar-refractivity contribution in [3.8, 4) is 0 Å². The molecule has 0 radical (unpaired) electrons. The zero-order chi connectivity index (χ0) is 14.5. The number of benzene rings is 2. The van der Waals surface area contributed by atoms with Gasteiger partial charge in [-0.1, -0.05) is 34.1 Å². The minimum Gasteiger partial charge on any atom is -0.366 e. The summed E-state index contributed by atoms with van der Waals surface area (Å²) < 4.78 is 14.8. The first-order chi connectivity index (χ1) is 9.56. The molecular formula is C15H14BrFN2O. The summed E-state index contributed by atoms with van der Waals surface area (Å²) in [7, 11) is 0. The first kappa shape index (κ1) is 14.7. The van der Waals surface area contributed by atoms with Crippen LogP contribution in [0.1, 0.15) is 21.5 Å². The molecule has 0 saturated carbocycles. The van der Waals surface area contributed by atoms with Crippen molar-refractivity contribution in [1.82, 2.24) is 5.32 Å². The van der Waals surface area contributed by atoms with Crippen molar-refractivity contribution in [3.63, 3.8) is 0 Å². The Balaban J connectivity index is 1.96. The molecule has 3 N–H and O–H groups in total. The van der Waals surface area contributed by atoms with Gasteiger partial charge in [-0.15, -0.1) is 0 Å². The van der Waals surface area contributed by atoms with Gasteiger partial charge in [-0.2, -0.15) is 0 Å². The van der Waals surface area contributed by atoms with Crippen LogP contribution in [0.2, 0.25) is 0 Å². The molecule has 0 atom stereocenters. The Kier molecular flexibility index (Phi) is 4.87. The molecule has 5 heteroatoms. The molecule has 104 valence electrons. The van der Waals surface area contributed by atoms with Gasteiger partial charge in [-0.3, -0.25) is 4.79 Å². The molecule has 1 amide bonds. The van der Waals surface area contributed by atoms with E-state index >= 15 is 0 Å². The van der Waals surface area contributed by atoms with E-state index in [0.717, 1.165) is 10.0 Å². The van der Waals surface area contributed by atoms with Gasteiger partial charge in [0.05, 0.1) is 0 Å². The summed E-state index contributed by atoms with van der Waals surface area (Å²) in [6.07, 6.45) is 0. The summed E-state index contributed by atoms with van der Waals surface area (Å²) in [4.78, 5) is 10.9. The molecular weight excluding hydrogens is 323 g/mol. The van der Waals surface area contributed by atoms with Crippen LogP contribution in [-0.4, -0.2) is 5.91 Å². The number of nitrogens with one attached hydrogen (secondary N) is 1. The number of amides is 1. The fraction of sp³-hybridized carbons (Fsp3) is 0.133. The van der Waals surface area contributed by atoms with Crippen molar-refractivity contribution < 1.29 is 9.18 Å². The lowest BCUT2D eigenvalue weighted by Gasteiger charge is -2.07. The Morgan fingerprint density at radius 1 is 1.20 bits per heavy atom. The molecule has 0 bridgehead atoms. The molecule has 0 saturated heterocycles. The Bertz CT molecular complexity index is 631. The number of carbonyl (C=O) groups is 1. The monoisotopic (exact) mass is 336 g/mol. The van der Waals surface area contributed by atoms with E-state index in [9.17, 15) is 9.18 Å². The average Bonchev–Trinajstić information content (AvgIpc) is 2.40. The topological polar surface area (TPSA) is 55.1 Å². The Hall–Kier alpha value is -1.72. The highest BCUT2D eigenvalue weighted by Crippen LogP contribution is 2.13. The fourth-order valence-corrected chi connectivity index (χ4v) is 2.28. The third-order valence-corrected chi connectivity index (χ3v) is 3.36. The van der Waals surface area contributed by atoms with Crippen LogP contribution in [-0.2, 0) is 13.1 Å². The van der Waals surface area contributed by atoms with Gasteiger partial charge in [0.2, 0.25) is 5.91 Å². The Labute approximate surface area is 125 Å². The average molecular weight is 337 g/mol. The van der Waals surface area contributed by atoms with Crippen molar-refractivity contribution in [3.05, 3.63) is 69.4 Å². The lowest BCUT2D eigenvalue weighted by molar-refractivity contribution is 0.1000. The molecule has 0 aliphatic carbocycles. The van der Waals surface area contributed by atoms with E-state index in [1.54, 1.807) is 6.07 Å². The van der Waals surface area contributed by atoms with Crippen molar-refractivity contribution in [2.24, 2.45) is 5.73 Å². The van der Waals surface area contributed by atoms with Crippen LogP contribution in [0.4, 0.5) is 4.39 Å². The van der Waals surface area contributed by atoms with E-state index in [4.69, 9.17) is 5.73 Å². The van der Waals surface area contributed by atoms with Gasteiger partial charge >= 0.3 is 0 Å². The van der Waals surface area contributed by atoms with Crippen molar-refractivity contribution in [2.75, 3.05) is 0 Å². The molecule has 0 spiro atoms. The van der Waals surface area contributed by atoms with Crippen LogP contribution in [0, 0.1) is 5.82 Å². The molecule has 0 aliphatic heterocycles. The van der Waals surface area contributed by atoms with Crippen molar-refractivity contribution >= 4 is 21.8 Å². The zero-order valence-electron chi connectivity index (χ0n) is 10.7. The van der Waals surface area contributed by atoms with E-state index in [-0.39, 0.29) is 5.56 Å². The third kappa shape index (κ3) is 3.88.